The van der Waals surface area contributed by atoms with Crippen molar-refractivity contribution in [3.63, 3.8) is 0 Å². The van der Waals surface area contributed by atoms with Crippen molar-refractivity contribution in [3.05, 3.63) is 29.3 Å². The van der Waals surface area contributed by atoms with E-state index in [2.05, 4.69) is 5.32 Å². The van der Waals surface area contributed by atoms with Crippen molar-refractivity contribution < 1.29 is 9.53 Å². The predicted octanol–water partition coefficient (Wildman–Crippen LogP) is 1.41. The average molecular weight is 252 g/mol. The predicted molar refractivity (Wildman–Crippen MR) is 71.4 cm³/mol. The Balaban J connectivity index is 2.95. The van der Waals surface area contributed by atoms with Gasteiger partial charge in [0, 0.05) is 0 Å². The van der Waals surface area contributed by atoms with E-state index in [-0.39, 0.29) is 16.9 Å². The van der Waals surface area contributed by atoms with Gasteiger partial charge in [-0.05, 0) is 26.0 Å². The van der Waals surface area contributed by atoms with Crippen LogP contribution < -0.4 is 15.8 Å². The summed E-state index contributed by atoms with van der Waals surface area (Å²) < 4.78 is 5.14. The summed E-state index contributed by atoms with van der Waals surface area (Å²) in [4.78, 5) is 12.2. The lowest BCUT2D eigenvalue weighted by atomic mass is 10.1. The van der Waals surface area contributed by atoms with E-state index in [1.165, 1.54) is 7.11 Å². The number of hydrogen-bond donors (Lipinski definition) is 2. The minimum atomic E-state index is -0.345. The Kier molecular flexibility index (Phi) is 4.45. The molecule has 1 unspecified atom stereocenters. The van der Waals surface area contributed by atoms with Crippen LogP contribution in [0, 0.1) is 6.92 Å². The molecule has 1 aromatic rings. The highest BCUT2D eigenvalue weighted by molar-refractivity contribution is 7.80. The zero-order chi connectivity index (χ0) is 13.0. The third-order valence-corrected chi connectivity index (χ3v) is 2.73. The quantitative estimate of drug-likeness (QED) is 0.795. The highest BCUT2D eigenvalue weighted by Gasteiger charge is 2.15. The van der Waals surface area contributed by atoms with Crippen LogP contribution in [-0.4, -0.2) is 24.0 Å². The smallest absolute Gasteiger partial charge is 0.255 e. The van der Waals surface area contributed by atoms with E-state index in [0.29, 0.717) is 11.3 Å². The van der Waals surface area contributed by atoms with Crippen molar-refractivity contribution in [2.75, 3.05) is 7.11 Å². The number of rotatable bonds is 4. The second kappa shape index (κ2) is 5.63. The molecule has 0 aliphatic rings. The minimum Gasteiger partial charge on any atom is -0.496 e. The van der Waals surface area contributed by atoms with Crippen LogP contribution >= 0.6 is 12.2 Å². The number of amides is 1. The van der Waals surface area contributed by atoms with Gasteiger partial charge in [0.1, 0.15) is 5.75 Å². The van der Waals surface area contributed by atoms with Gasteiger partial charge in [-0.25, -0.2) is 0 Å². The first-order valence-electron chi connectivity index (χ1n) is 5.20. The Morgan fingerprint density at radius 1 is 1.53 bits per heavy atom. The first-order chi connectivity index (χ1) is 7.95. The molecule has 0 saturated heterocycles. The summed E-state index contributed by atoms with van der Waals surface area (Å²) in [6, 6.07) is 5.06. The van der Waals surface area contributed by atoms with Gasteiger partial charge in [-0.15, -0.1) is 0 Å². The molecule has 92 valence electrons. The summed E-state index contributed by atoms with van der Waals surface area (Å²) in [6.07, 6.45) is 0. The number of nitrogens with one attached hydrogen (secondary N) is 1. The SMILES string of the molecule is COc1ccc(C)cc1C(=O)NC(C)C(N)=S. The van der Waals surface area contributed by atoms with Crippen LogP contribution in [0.3, 0.4) is 0 Å². The van der Waals surface area contributed by atoms with E-state index < -0.39 is 0 Å². The lowest BCUT2D eigenvalue weighted by Gasteiger charge is -2.14. The van der Waals surface area contributed by atoms with Crippen molar-refractivity contribution in [1.29, 1.82) is 0 Å². The summed E-state index contributed by atoms with van der Waals surface area (Å²) >= 11 is 4.81. The van der Waals surface area contributed by atoms with Crippen molar-refractivity contribution in [3.8, 4) is 5.75 Å². The van der Waals surface area contributed by atoms with E-state index in [4.69, 9.17) is 22.7 Å². The lowest BCUT2D eigenvalue weighted by molar-refractivity contribution is 0.0946. The number of methoxy groups -OCH3 is 1. The Labute approximate surface area is 106 Å². The van der Waals surface area contributed by atoms with Crippen molar-refractivity contribution in [1.82, 2.24) is 5.32 Å². The van der Waals surface area contributed by atoms with E-state index >= 15 is 0 Å². The third-order valence-electron chi connectivity index (χ3n) is 2.37. The highest BCUT2D eigenvalue weighted by atomic mass is 32.1. The molecule has 0 bridgehead atoms. The molecule has 0 aliphatic heterocycles. The Morgan fingerprint density at radius 3 is 2.71 bits per heavy atom. The van der Waals surface area contributed by atoms with Gasteiger partial charge in [-0.3, -0.25) is 4.79 Å². The minimum absolute atomic E-state index is 0.245. The summed E-state index contributed by atoms with van der Waals surface area (Å²) in [5, 5.41) is 2.71. The van der Waals surface area contributed by atoms with Crippen LogP contribution in [0.25, 0.3) is 0 Å². The van der Waals surface area contributed by atoms with Gasteiger partial charge in [0.25, 0.3) is 5.91 Å². The molecule has 5 heteroatoms. The summed E-state index contributed by atoms with van der Waals surface area (Å²) in [6.45, 7) is 3.65. The Morgan fingerprint density at radius 2 is 2.18 bits per heavy atom. The maximum absolute atomic E-state index is 12.0. The lowest BCUT2D eigenvalue weighted by Crippen LogP contribution is -2.41. The molecule has 0 heterocycles. The van der Waals surface area contributed by atoms with E-state index in [0.717, 1.165) is 5.56 Å². The van der Waals surface area contributed by atoms with Crippen LogP contribution in [0.4, 0.5) is 0 Å². The van der Waals surface area contributed by atoms with Crippen LogP contribution in [0.1, 0.15) is 22.8 Å². The standard InChI is InChI=1S/C12H16N2O2S/c1-7-4-5-10(16-3)9(6-7)12(15)14-8(2)11(13)17/h4-6,8H,1-3H3,(H2,13,17)(H,14,15). The van der Waals surface area contributed by atoms with E-state index in [1.807, 2.05) is 13.0 Å². The summed E-state index contributed by atoms with van der Waals surface area (Å²) in [7, 11) is 1.53. The molecule has 1 atom stereocenters. The monoisotopic (exact) mass is 252 g/mol. The van der Waals surface area contributed by atoms with Crippen molar-refractivity contribution in [2.45, 2.75) is 19.9 Å². The molecule has 0 aromatic heterocycles. The molecular formula is C12H16N2O2S. The number of hydrogen-bond acceptors (Lipinski definition) is 3. The third kappa shape index (κ3) is 3.42. The zero-order valence-corrected chi connectivity index (χ0v) is 10.9. The van der Waals surface area contributed by atoms with Gasteiger partial charge in [0.2, 0.25) is 0 Å². The van der Waals surface area contributed by atoms with Crippen LogP contribution in [0.15, 0.2) is 18.2 Å². The average Bonchev–Trinajstić information content (AvgIpc) is 2.28. The maximum Gasteiger partial charge on any atom is 0.255 e. The van der Waals surface area contributed by atoms with Gasteiger partial charge in [-0.2, -0.15) is 0 Å². The van der Waals surface area contributed by atoms with Gasteiger partial charge < -0.3 is 15.8 Å². The number of thiocarbonyl (C=S) groups is 1. The fourth-order valence-electron chi connectivity index (χ4n) is 1.34. The topological polar surface area (TPSA) is 64.3 Å². The van der Waals surface area contributed by atoms with Gasteiger partial charge in [0.15, 0.2) is 0 Å². The molecule has 0 fully saturated rings. The first-order valence-corrected chi connectivity index (χ1v) is 5.61. The molecular weight excluding hydrogens is 236 g/mol. The fourth-order valence-corrected chi connectivity index (χ4v) is 1.40. The van der Waals surface area contributed by atoms with Crippen molar-refractivity contribution >= 4 is 23.1 Å². The zero-order valence-electron chi connectivity index (χ0n) is 10.1. The summed E-state index contributed by atoms with van der Waals surface area (Å²) in [5.74, 6) is 0.286. The molecule has 17 heavy (non-hydrogen) atoms. The molecule has 0 saturated carbocycles. The molecule has 0 aliphatic carbocycles. The Bertz CT molecular complexity index is 446. The van der Waals surface area contributed by atoms with Gasteiger partial charge in [0.05, 0.1) is 23.7 Å². The normalized spacial score (nSPS) is 11.7. The van der Waals surface area contributed by atoms with Crippen molar-refractivity contribution in [2.24, 2.45) is 5.73 Å². The number of carbonyl (C=O) groups excluding carboxylic acids is 1. The fraction of sp³-hybridized carbons (Fsp3) is 0.333. The molecule has 1 aromatic carbocycles. The first kappa shape index (κ1) is 13.4. The molecule has 0 spiro atoms. The number of ether oxygens (including phenoxy) is 1. The molecule has 1 amide bonds. The summed E-state index contributed by atoms with van der Waals surface area (Å²) in [5.41, 5.74) is 6.92. The van der Waals surface area contributed by atoms with Crippen LogP contribution in [0.2, 0.25) is 0 Å². The Hall–Kier alpha value is -1.62. The second-order valence-electron chi connectivity index (χ2n) is 3.80. The maximum atomic E-state index is 12.0. The van der Waals surface area contributed by atoms with Crippen LogP contribution in [0.5, 0.6) is 5.75 Å². The van der Waals surface area contributed by atoms with Crippen LogP contribution in [-0.2, 0) is 0 Å². The highest BCUT2D eigenvalue weighted by Crippen LogP contribution is 2.19. The van der Waals surface area contributed by atoms with E-state index in [9.17, 15) is 4.79 Å². The van der Waals surface area contributed by atoms with E-state index in [1.54, 1.807) is 19.1 Å². The molecule has 3 N–H and O–H groups in total. The molecule has 1 rings (SSSR count). The molecule has 0 radical (unpaired) electrons. The largest absolute Gasteiger partial charge is 0.496 e. The number of nitrogens with two attached hydrogens (primary N) is 1. The molecule has 4 nitrogen and oxygen atoms in total. The second-order valence-corrected chi connectivity index (χ2v) is 4.27. The number of carbonyl (C=O) groups is 1. The number of benzene rings is 1. The van der Waals surface area contributed by atoms with Gasteiger partial charge >= 0.3 is 0 Å². The number of aryl methyl sites for hydroxylation is 1. The van der Waals surface area contributed by atoms with Gasteiger partial charge in [-0.1, -0.05) is 23.8 Å².